The average Bonchev–Trinajstić information content (AvgIpc) is 3.24. The lowest BCUT2D eigenvalue weighted by atomic mass is 10.0. The summed E-state index contributed by atoms with van der Waals surface area (Å²) in [6, 6.07) is 0. The molecule has 0 aromatic rings. The highest BCUT2D eigenvalue weighted by molar-refractivity contribution is 5.66. The van der Waals surface area contributed by atoms with Crippen molar-refractivity contribution in [2.24, 2.45) is 10.2 Å². The first kappa shape index (κ1) is 18.7. The Morgan fingerprint density at radius 1 is 0.864 bits per heavy atom. The molecule has 0 aliphatic carbocycles. The molecule has 1 N–H and O–H groups in total. The van der Waals surface area contributed by atoms with Crippen molar-refractivity contribution in [2.45, 2.75) is 95.6 Å². The third kappa shape index (κ3) is 9.55. The quantitative estimate of drug-likeness (QED) is 0.328. The lowest BCUT2D eigenvalue weighted by Crippen LogP contribution is -2.08. The van der Waals surface area contributed by atoms with Gasteiger partial charge in [0, 0.05) is 6.42 Å². The first-order valence-electron chi connectivity index (χ1n) is 8.78. The van der Waals surface area contributed by atoms with E-state index in [-0.39, 0.29) is 5.66 Å². The number of terminal acetylenes is 1. The number of aliphatic carboxylic acids is 1. The normalized spacial score (nSPS) is 14.7. The molecule has 1 heterocycles. The van der Waals surface area contributed by atoms with E-state index >= 15 is 0 Å². The SMILES string of the molecule is C#CCC1(CCCCCCCCCCCCCC(=O)O)N=N1. The largest absolute Gasteiger partial charge is 0.481 e. The Morgan fingerprint density at radius 3 is 1.73 bits per heavy atom. The fourth-order valence-electron chi connectivity index (χ4n) is 2.77. The maximum atomic E-state index is 10.4. The van der Waals surface area contributed by atoms with Crippen LogP contribution in [-0.4, -0.2) is 16.7 Å². The summed E-state index contributed by atoms with van der Waals surface area (Å²) in [6.07, 6.45) is 20.6. The van der Waals surface area contributed by atoms with Gasteiger partial charge in [-0.1, -0.05) is 57.8 Å². The van der Waals surface area contributed by atoms with Gasteiger partial charge in [-0.05, 0) is 19.3 Å². The molecule has 0 aromatic carbocycles. The number of carboxylic acids is 1. The predicted molar refractivity (Wildman–Crippen MR) is 88.7 cm³/mol. The van der Waals surface area contributed by atoms with Gasteiger partial charge in [0.2, 0.25) is 5.66 Å². The molecule has 1 aliphatic heterocycles. The fraction of sp³-hybridized carbons (Fsp3) is 0.833. The van der Waals surface area contributed by atoms with Crippen molar-refractivity contribution < 1.29 is 9.90 Å². The molecule has 0 radical (unpaired) electrons. The van der Waals surface area contributed by atoms with Crippen molar-refractivity contribution in [2.75, 3.05) is 0 Å². The molecule has 4 heteroatoms. The van der Waals surface area contributed by atoms with Gasteiger partial charge in [0.05, 0.1) is 6.42 Å². The molecule has 0 amide bonds. The summed E-state index contributed by atoms with van der Waals surface area (Å²) < 4.78 is 0. The minimum atomic E-state index is -0.672. The third-order valence-electron chi connectivity index (χ3n) is 4.24. The average molecular weight is 306 g/mol. The van der Waals surface area contributed by atoms with Crippen LogP contribution in [0.2, 0.25) is 0 Å². The number of carbonyl (C=O) groups is 1. The van der Waals surface area contributed by atoms with E-state index < -0.39 is 5.97 Å². The highest BCUT2D eigenvalue weighted by Crippen LogP contribution is 2.36. The zero-order valence-electron chi connectivity index (χ0n) is 13.7. The van der Waals surface area contributed by atoms with E-state index in [0.29, 0.717) is 12.8 Å². The van der Waals surface area contributed by atoms with Gasteiger partial charge in [-0.2, -0.15) is 10.2 Å². The molecule has 0 saturated carbocycles. The number of hydrogen-bond acceptors (Lipinski definition) is 3. The van der Waals surface area contributed by atoms with Gasteiger partial charge in [0.15, 0.2) is 0 Å². The second-order valence-corrected chi connectivity index (χ2v) is 6.35. The Kier molecular flexibility index (Phi) is 9.54. The lowest BCUT2D eigenvalue weighted by molar-refractivity contribution is -0.137. The Balaban J connectivity index is 1.73. The van der Waals surface area contributed by atoms with Gasteiger partial charge < -0.3 is 5.11 Å². The van der Waals surface area contributed by atoms with E-state index in [2.05, 4.69) is 16.1 Å². The molecule has 4 nitrogen and oxygen atoms in total. The highest BCUT2D eigenvalue weighted by atomic mass is 16.4. The summed E-state index contributed by atoms with van der Waals surface area (Å²) >= 11 is 0. The number of carboxylic acid groups (broad SMARTS) is 1. The number of nitrogens with zero attached hydrogens (tertiary/aromatic N) is 2. The topological polar surface area (TPSA) is 62.0 Å². The summed E-state index contributed by atoms with van der Waals surface area (Å²) in [4.78, 5) is 10.4. The molecule has 1 rings (SSSR count). The van der Waals surface area contributed by atoms with Crippen molar-refractivity contribution in [3.8, 4) is 12.3 Å². The van der Waals surface area contributed by atoms with Crippen LogP contribution in [0.3, 0.4) is 0 Å². The van der Waals surface area contributed by atoms with Gasteiger partial charge >= 0.3 is 5.97 Å². The zero-order chi connectivity index (χ0) is 16.1. The first-order valence-corrected chi connectivity index (χ1v) is 8.78. The summed E-state index contributed by atoms with van der Waals surface area (Å²) in [5.74, 6) is 1.98. The van der Waals surface area contributed by atoms with Crippen LogP contribution in [0.4, 0.5) is 0 Å². The van der Waals surface area contributed by atoms with Crippen LogP contribution in [0.1, 0.15) is 89.9 Å². The van der Waals surface area contributed by atoms with E-state index in [1.54, 1.807) is 0 Å². The van der Waals surface area contributed by atoms with E-state index in [1.807, 2.05) is 0 Å². The predicted octanol–water partition coefficient (Wildman–Crippen LogP) is 5.33. The van der Waals surface area contributed by atoms with Crippen molar-refractivity contribution in [1.82, 2.24) is 0 Å². The minimum Gasteiger partial charge on any atom is -0.481 e. The molecule has 0 atom stereocenters. The zero-order valence-corrected chi connectivity index (χ0v) is 13.7. The molecule has 0 bridgehead atoms. The van der Waals surface area contributed by atoms with E-state index in [4.69, 9.17) is 11.5 Å². The van der Waals surface area contributed by atoms with Crippen LogP contribution in [0.5, 0.6) is 0 Å². The van der Waals surface area contributed by atoms with Gasteiger partial charge in [0.25, 0.3) is 0 Å². The maximum Gasteiger partial charge on any atom is 0.303 e. The molecule has 22 heavy (non-hydrogen) atoms. The Labute approximate surface area is 134 Å². The molecular weight excluding hydrogens is 276 g/mol. The Hall–Kier alpha value is -1.37. The van der Waals surface area contributed by atoms with E-state index in [0.717, 1.165) is 19.3 Å². The molecule has 0 aromatic heterocycles. The second kappa shape index (κ2) is 11.2. The van der Waals surface area contributed by atoms with Crippen molar-refractivity contribution in [3.63, 3.8) is 0 Å². The van der Waals surface area contributed by atoms with Crippen molar-refractivity contribution in [1.29, 1.82) is 0 Å². The fourth-order valence-corrected chi connectivity index (χ4v) is 2.77. The van der Waals surface area contributed by atoms with Gasteiger partial charge in [0.1, 0.15) is 0 Å². The third-order valence-corrected chi connectivity index (χ3v) is 4.24. The van der Waals surface area contributed by atoms with Crippen LogP contribution in [0.25, 0.3) is 0 Å². The van der Waals surface area contributed by atoms with Crippen LogP contribution in [0.15, 0.2) is 10.2 Å². The molecule has 0 unspecified atom stereocenters. The van der Waals surface area contributed by atoms with E-state index in [1.165, 1.54) is 57.8 Å². The first-order chi connectivity index (χ1) is 10.7. The molecule has 124 valence electrons. The lowest BCUT2D eigenvalue weighted by Gasteiger charge is -2.06. The molecular formula is C18H30N2O2. The van der Waals surface area contributed by atoms with Gasteiger partial charge in [-0.25, -0.2) is 0 Å². The summed E-state index contributed by atoms with van der Waals surface area (Å²) in [5, 5.41) is 16.7. The van der Waals surface area contributed by atoms with Crippen molar-refractivity contribution >= 4 is 5.97 Å². The van der Waals surface area contributed by atoms with Crippen molar-refractivity contribution in [3.05, 3.63) is 0 Å². The molecule has 0 fully saturated rings. The monoisotopic (exact) mass is 306 g/mol. The Morgan fingerprint density at radius 2 is 1.32 bits per heavy atom. The van der Waals surface area contributed by atoms with Crippen LogP contribution in [-0.2, 0) is 4.79 Å². The molecule has 1 aliphatic rings. The minimum absolute atomic E-state index is 0.185. The van der Waals surface area contributed by atoms with Crippen LogP contribution < -0.4 is 0 Å². The van der Waals surface area contributed by atoms with E-state index in [9.17, 15) is 4.79 Å². The van der Waals surface area contributed by atoms with Gasteiger partial charge in [-0.3, -0.25) is 4.79 Å². The van der Waals surface area contributed by atoms with Gasteiger partial charge in [-0.15, -0.1) is 12.3 Å². The Bertz CT molecular complexity index is 379. The second-order valence-electron chi connectivity index (χ2n) is 6.35. The number of hydrogen-bond donors (Lipinski definition) is 1. The molecule has 0 spiro atoms. The van der Waals surface area contributed by atoms with Crippen LogP contribution in [0, 0.1) is 12.3 Å². The molecule has 0 saturated heterocycles. The standard InChI is InChI=1S/C18H30N2O2/c1-2-15-18(19-20-18)16-13-11-9-7-5-3-4-6-8-10-12-14-17(21)22/h1H,3-16H2,(H,21,22). The number of rotatable bonds is 15. The summed E-state index contributed by atoms with van der Waals surface area (Å²) in [5.41, 5.74) is -0.185. The maximum absolute atomic E-state index is 10.4. The smallest absolute Gasteiger partial charge is 0.303 e. The summed E-state index contributed by atoms with van der Waals surface area (Å²) in [6.45, 7) is 0. The number of unbranched alkanes of at least 4 members (excludes halogenated alkanes) is 10. The van der Waals surface area contributed by atoms with Crippen LogP contribution >= 0.6 is 0 Å². The highest BCUT2D eigenvalue weighted by Gasteiger charge is 2.37. The summed E-state index contributed by atoms with van der Waals surface area (Å²) in [7, 11) is 0.